The van der Waals surface area contributed by atoms with Crippen LogP contribution >= 0.6 is 0 Å². The highest BCUT2D eigenvalue weighted by Crippen LogP contribution is 2.39. The maximum absolute atomic E-state index is 11.1. The fourth-order valence-corrected chi connectivity index (χ4v) is 3.03. The van der Waals surface area contributed by atoms with Gasteiger partial charge in [-0.2, -0.15) is 0 Å². The van der Waals surface area contributed by atoms with Crippen molar-refractivity contribution in [2.24, 2.45) is 0 Å². The van der Waals surface area contributed by atoms with Crippen LogP contribution in [0.5, 0.6) is 0 Å². The summed E-state index contributed by atoms with van der Waals surface area (Å²) in [5, 5.41) is 9.08. The van der Waals surface area contributed by atoms with E-state index in [0.29, 0.717) is 11.6 Å². The maximum atomic E-state index is 11.1. The fourth-order valence-electron chi connectivity index (χ4n) is 3.03. The van der Waals surface area contributed by atoms with Crippen molar-refractivity contribution < 1.29 is 9.90 Å². The largest absolute Gasteiger partial charge is 0.478 e. The van der Waals surface area contributed by atoms with Crippen LogP contribution in [0.2, 0.25) is 0 Å². The molecule has 1 unspecified atom stereocenters. The van der Waals surface area contributed by atoms with E-state index in [1.807, 2.05) is 12.1 Å². The van der Waals surface area contributed by atoms with Crippen LogP contribution in [-0.2, 0) is 0 Å². The number of benzene rings is 1. The van der Waals surface area contributed by atoms with E-state index in [1.165, 1.54) is 44.2 Å². The normalized spacial score (nSPS) is 25.0. The van der Waals surface area contributed by atoms with Crippen LogP contribution in [0.15, 0.2) is 24.3 Å². The number of carboxylic acid groups (broad SMARTS) is 1. The number of hydrogen-bond donors (Lipinski definition) is 1. The van der Waals surface area contributed by atoms with Gasteiger partial charge in [-0.3, -0.25) is 4.90 Å². The molecule has 0 radical (unpaired) electrons. The number of aromatic carboxylic acids is 1. The van der Waals surface area contributed by atoms with Crippen molar-refractivity contribution in [1.29, 1.82) is 0 Å². The third kappa shape index (κ3) is 2.27. The number of rotatable bonds is 3. The highest BCUT2D eigenvalue weighted by molar-refractivity contribution is 5.87. The predicted molar refractivity (Wildman–Crippen MR) is 69.7 cm³/mol. The van der Waals surface area contributed by atoms with E-state index < -0.39 is 5.97 Å². The van der Waals surface area contributed by atoms with Crippen molar-refractivity contribution in [3.8, 4) is 0 Å². The van der Waals surface area contributed by atoms with Gasteiger partial charge in [0.15, 0.2) is 0 Å². The van der Waals surface area contributed by atoms with Gasteiger partial charge in [-0.05, 0) is 49.9 Å². The molecule has 1 atom stereocenters. The lowest BCUT2D eigenvalue weighted by atomic mass is 9.94. The standard InChI is InChI=1S/C15H19NO2/c17-15(18)12-5-3-4-11(10-12)14-6-1-2-9-16(14)13-7-8-13/h3-5,10,13-14H,1-2,6-9H2,(H,17,18). The van der Waals surface area contributed by atoms with Crippen LogP contribution < -0.4 is 0 Å². The van der Waals surface area contributed by atoms with Crippen molar-refractivity contribution in [1.82, 2.24) is 4.90 Å². The van der Waals surface area contributed by atoms with E-state index in [-0.39, 0.29) is 0 Å². The van der Waals surface area contributed by atoms with Crippen LogP contribution in [0.25, 0.3) is 0 Å². The number of hydrogen-bond acceptors (Lipinski definition) is 2. The lowest BCUT2D eigenvalue weighted by Crippen LogP contribution is -2.35. The van der Waals surface area contributed by atoms with Gasteiger partial charge in [0, 0.05) is 12.1 Å². The van der Waals surface area contributed by atoms with Gasteiger partial charge in [-0.25, -0.2) is 4.79 Å². The molecule has 3 heteroatoms. The third-order valence-electron chi connectivity index (χ3n) is 4.08. The molecular formula is C15H19NO2. The molecule has 1 N–H and O–H groups in total. The van der Waals surface area contributed by atoms with Gasteiger partial charge in [0.2, 0.25) is 0 Å². The van der Waals surface area contributed by atoms with Crippen molar-refractivity contribution in [3.63, 3.8) is 0 Å². The van der Waals surface area contributed by atoms with E-state index in [2.05, 4.69) is 11.0 Å². The SMILES string of the molecule is O=C(O)c1cccc(C2CCCCN2C2CC2)c1. The Hall–Kier alpha value is -1.35. The van der Waals surface area contributed by atoms with Gasteiger partial charge >= 0.3 is 5.97 Å². The number of piperidine rings is 1. The minimum Gasteiger partial charge on any atom is -0.478 e. The molecule has 1 saturated heterocycles. The molecule has 0 bridgehead atoms. The van der Waals surface area contributed by atoms with E-state index in [0.717, 1.165) is 6.04 Å². The molecule has 1 aliphatic carbocycles. The minimum atomic E-state index is -0.828. The van der Waals surface area contributed by atoms with Crippen molar-refractivity contribution in [2.45, 2.75) is 44.2 Å². The van der Waals surface area contributed by atoms with Crippen molar-refractivity contribution in [3.05, 3.63) is 35.4 Å². The summed E-state index contributed by atoms with van der Waals surface area (Å²) < 4.78 is 0. The fraction of sp³-hybridized carbons (Fsp3) is 0.533. The Morgan fingerprint density at radius 1 is 1.22 bits per heavy atom. The van der Waals surface area contributed by atoms with Gasteiger partial charge in [0.25, 0.3) is 0 Å². The van der Waals surface area contributed by atoms with Gasteiger partial charge in [0.05, 0.1) is 5.56 Å². The monoisotopic (exact) mass is 245 g/mol. The first-order chi connectivity index (χ1) is 8.75. The summed E-state index contributed by atoms with van der Waals surface area (Å²) in [5.74, 6) is -0.828. The average molecular weight is 245 g/mol. The second-order valence-corrected chi connectivity index (χ2v) is 5.41. The first-order valence-electron chi connectivity index (χ1n) is 6.85. The number of likely N-dealkylation sites (tertiary alicyclic amines) is 1. The molecule has 96 valence electrons. The average Bonchev–Trinajstić information content (AvgIpc) is 3.23. The third-order valence-corrected chi connectivity index (χ3v) is 4.08. The van der Waals surface area contributed by atoms with Crippen LogP contribution in [-0.4, -0.2) is 28.6 Å². The smallest absolute Gasteiger partial charge is 0.335 e. The zero-order chi connectivity index (χ0) is 12.5. The predicted octanol–water partition coefficient (Wildman–Crippen LogP) is 3.07. The van der Waals surface area contributed by atoms with Crippen molar-refractivity contribution >= 4 is 5.97 Å². The second-order valence-electron chi connectivity index (χ2n) is 5.41. The Morgan fingerprint density at radius 2 is 2.06 bits per heavy atom. The molecule has 2 aliphatic rings. The summed E-state index contributed by atoms with van der Waals surface area (Å²) >= 11 is 0. The van der Waals surface area contributed by atoms with Gasteiger partial charge in [-0.1, -0.05) is 18.6 Å². The molecule has 1 heterocycles. The number of carboxylic acids is 1. The first kappa shape index (κ1) is 11.7. The molecule has 1 aromatic carbocycles. The summed E-state index contributed by atoms with van der Waals surface area (Å²) in [6, 6.07) is 8.68. The molecule has 1 aromatic rings. The Balaban J connectivity index is 1.87. The lowest BCUT2D eigenvalue weighted by Gasteiger charge is -2.36. The van der Waals surface area contributed by atoms with Gasteiger partial charge in [0.1, 0.15) is 0 Å². The van der Waals surface area contributed by atoms with Gasteiger partial charge in [-0.15, -0.1) is 0 Å². The molecule has 2 fully saturated rings. The molecule has 0 spiro atoms. The van der Waals surface area contributed by atoms with E-state index >= 15 is 0 Å². The van der Waals surface area contributed by atoms with Crippen LogP contribution in [0.3, 0.4) is 0 Å². The Morgan fingerprint density at radius 3 is 2.78 bits per heavy atom. The molecule has 0 aromatic heterocycles. The van der Waals surface area contributed by atoms with E-state index in [9.17, 15) is 4.79 Å². The molecule has 3 rings (SSSR count). The highest BCUT2D eigenvalue weighted by Gasteiger charge is 2.35. The van der Waals surface area contributed by atoms with Gasteiger partial charge < -0.3 is 5.11 Å². The maximum Gasteiger partial charge on any atom is 0.335 e. The van der Waals surface area contributed by atoms with E-state index in [4.69, 9.17) is 5.11 Å². The molecule has 0 amide bonds. The van der Waals surface area contributed by atoms with Crippen LogP contribution in [0.1, 0.15) is 54.1 Å². The van der Waals surface area contributed by atoms with Crippen LogP contribution in [0.4, 0.5) is 0 Å². The lowest BCUT2D eigenvalue weighted by molar-refractivity contribution is 0.0696. The summed E-state index contributed by atoms with van der Waals surface area (Å²) in [6.45, 7) is 1.17. The molecule has 1 saturated carbocycles. The van der Waals surface area contributed by atoms with Crippen LogP contribution in [0, 0.1) is 0 Å². The first-order valence-corrected chi connectivity index (χ1v) is 6.85. The van der Waals surface area contributed by atoms with Crippen molar-refractivity contribution in [2.75, 3.05) is 6.54 Å². The number of nitrogens with zero attached hydrogens (tertiary/aromatic N) is 1. The minimum absolute atomic E-state index is 0.411. The molecule has 18 heavy (non-hydrogen) atoms. The zero-order valence-corrected chi connectivity index (χ0v) is 10.5. The molecule has 3 nitrogen and oxygen atoms in total. The Kier molecular flexibility index (Phi) is 3.08. The molecular weight excluding hydrogens is 226 g/mol. The summed E-state index contributed by atoms with van der Waals surface area (Å²) in [7, 11) is 0. The Labute approximate surface area is 107 Å². The zero-order valence-electron chi connectivity index (χ0n) is 10.5. The summed E-state index contributed by atoms with van der Waals surface area (Å²) in [6.07, 6.45) is 6.33. The summed E-state index contributed by atoms with van der Waals surface area (Å²) in [4.78, 5) is 13.6. The highest BCUT2D eigenvalue weighted by atomic mass is 16.4. The summed E-state index contributed by atoms with van der Waals surface area (Å²) in [5.41, 5.74) is 1.59. The quantitative estimate of drug-likeness (QED) is 0.889. The second kappa shape index (κ2) is 4.73. The van der Waals surface area contributed by atoms with E-state index in [1.54, 1.807) is 6.07 Å². The number of carbonyl (C=O) groups is 1. The topological polar surface area (TPSA) is 40.5 Å². The molecule has 1 aliphatic heterocycles. The Bertz CT molecular complexity index is 454.